The number of benzene rings is 1. The fourth-order valence-corrected chi connectivity index (χ4v) is 4.08. The Morgan fingerprint density at radius 3 is 2.67 bits per heavy atom. The number of nitrogens with zero attached hydrogens (tertiary/aromatic N) is 2. The predicted molar refractivity (Wildman–Crippen MR) is 110 cm³/mol. The first kappa shape index (κ1) is 21.6. The largest absolute Gasteiger partial charge is 0.450 e. The highest BCUT2D eigenvalue weighted by Crippen LogP contribution is 2.43. The summed E-state index contributed by atoms with van der Waals surface area (Å²) in [6.07, 6.45) is 1.16. The molecule has 162 valence electrons. The summed E-state index contributed by atoms with van der Waals surface area (Å²) in [6.45, 7) is 4.87. The van der Waals surface area contributed by atoms with E-state index in [0.717, 1.165) is 0 Å². The Morgan fingerprint density at radius 1 is 1.17 bits per heavy atom. The molecule has 0 saturated carbocycles. The fourth-order valence-electron chi connectivity index (χ4n) is 4.08. The van der Waals surface area contributed by atoms with Crippen LogP contribution in [0.2, 0.25) is 0 Å². The van der Waals surface area contributed by atoms with E-state index in [-0.39, 0.29) is 30.7 Å². The summed E-state index contributed by atoms with van der Waals surface area (Å²) in [5, 5.41) is 5.26. The maximum absolute atomic E-state index is 13.1. The maximum atomic E-state index is 13.1. The molecule has 2 aliphatic heterocycles. The van der Waals surface area contributed by atoms with E-state index >= 15 is 0 Å². The van der Waals surface area contributed by atoms with Crippen molar-refractivity contribution in [3.8, 4) is 0 Å². The van der Waals surface area contributed by atoms with Gasteiger partial charge in [-0.2, -0.15) is 0 Å². The van der Waals surface area contributed by atoms with Gasteiger partial charge in [0.1, 0.15) is 5.66 Å². The van der Waals surface area contributed by atoms with Gasteiger partial charge >= 0.3 is 6.09 Å². The number of nitrogens with one attached hydrogen (secondary N) is 2. The lowest BCUT2D eigenvalue weighted by atomic mass is 9.98. The molecule has 9 nitrogen and oxygen atoms in total. The summed E-state index contributed by atoms with van der Waals surface area (Å²) in [5.74, 6) is -0.262. The quantitative estimate of drug-likeness (QED) is 0.626. The van der Waals surface area contributed by atoms with Crippen LogP contribution in [-0.2, 0) is 14.3 Å². The molecule has 1 atom stereocenters. The van der Waals surface area contributed by atoms with Crippen molar-refractivity contribution < 1.29 is 23.9 Å². The second-order valence-corrected chi connectivity index (χ2v) is 7.52. The zero-order valence-electron chi connectivity index (χ0n) is 17.4. The van der Waals surface area contributed by atoms with E-state index in [1.807, 2.05) is 19.1 Å². The monoisotopic (exact) mass is 416 g/mol. The summed E-state index contributed by atoms with van der Waals surface area (Å²) < 4.78 is 4.74. The summed E-state index contributed by atoms with van der Waals surface area (Å²) in [5.41, 5.74) is 0.470. The molecule has 9 heteroatoms. The van der Waals surface area contributed by atoms with Gasteiger partial charge in [0.25, 0.3) is 5.91 Å². The highest BCUT2D eigenvalue weighted by Gasteiger charge is 2.52. The molecule has 1 unspecified atom stereocenters. The molecule has 0 aromatic heterocycles. The number of ether oxygens (including phenoxy) is 1. The van der Waals surface area contributed by atoms with Crippen molar-refractivity contribution in [3.05, 3.63) is 29.8 Å². The zero-order valence-corrected chi connectivity index (χ0v) is 17.4. The van der Waals surface area contributed by atoms with Crippen LogP contribution in [0.5, 0.6) is 0 Å². The van der Waals surface area contributed by atoms with Crippen LogP contribution >= 0.6 is 0 Å². The molecule has 2 N–H and O–H groups in total. The Kier molecular flexibility index (Phi) is 6.59. The minimum atomic E-state index is -0.706. The van der Waals surface area contributed by atoms with Gasteiger partial charge < -0.3 is 20.3 Å². The zero-order chi connectivity index (χ0) is 21.7. The number of hydrogen-bond acceptors (Lipinski definition) is 5. The second kappa shape index (κ2) is 9.15. The predicted octanol–water partition coefficient (Wildman–Crippen LogP) is 1.63. The second-order valence-electron chi connectivity index (χ2n) is 7.52. The van der Waals surface area contributed by atoms with Gasteiger partial charge in [-0.15, -0.1) is 0 Å². The molecular weight excluding hydrogens is 388 g/mol. The van der Waals surface area contributed by atoms with E-state index < -0.39 is 11.8 Å². The van der Waals surface area contributed by atoms with E-state index in [1.165, 1.54) is 0 Å². The van der Waals surface area contributed by atoms with Gasteiger partial charge in [0.2, 0.25) is 11.8 Å². The van der Waals surface area contributed by atoms with Crippen LogP contribution < -0.4 is 15.5 Å². The SMILES string of the molecule is CCOC(=O)NCCNC(=O)CCCN1C(=O)c2ccccc2N2C(=O)CCC12C. The normalized spacial score (nSPS) is 19.9. The first-order valence-corrected chi connectivity index (χ1v) is 10.3. The molecule has 0 bridgehead atoms. The minimum Gasteiger partial charge on any atom is -0.450 e. The third kappa shape index (κ3) is 4.24. The summed E-state index contributed by atoms with van der Waals surface area (Å²) >= 11 is 0. The fraction of sp³-hybridized carbons (Fsp3) is 0.524. The van der Waals surface area contributed by atoms with Gasteiger partial charge in [0.05, 0.1) is 17.9 Å². The molecule has 4 amide bonds. The smallest absolute Gasteiger partial charge is 0.407 e. The van der Waals surface area contributed by atoms with Gasteiger partial charge in [-0.1, -0.05) is 12.1 Å². The van der Waals surface area contributed by atoms with Gasteiger partial charge in [-0.3, -0.25) is 19.3 Å². The van der Waals surface area contributed by atoms with Gasteiger partial charge in [0.15, 0.2) is 0 Å². The molecule has 1 aromatic carbocycles. The van der Waals surface area contributed by atoms with E-state index in [1.54, 1.807) is 28.9 Å². The van der Waals surface area contributed by atoms with E-state index in [4.69, 9.17) is 4.74 Å². The molecular formula is C21H28N4O5. The van der Waals surface area contributed by atoms with Gasteiger partial charge in [0, 0.05) is 32.5 Å². The standard InChI is InChI=1S/C21H28N4O5/c1-3-30-20(29)23-13-12-22-17(26)9-6-14-24-19(28)15-7-4-5-8-16(15)25-18(27)10-11-21(24,25)2/h4-5,7-8H,3,6,9-14H2,1-2H3,(H,22,26)(H,23,29). The third-order valence-electron chi connectivity index (χ3n) is 5.52. The van der Waals surface area contributed by atoms with E-state index in [0.29, 0.717) is 50.2 Å². The number of carbonyl (C=O) groups is 4. The van der Waals surface area contributed by atoms with Crippen molar-refractivity contribution in [3.63, 3.8) is 0 Å². The average Bonchev–Trinajstić information content (AvgIpc) is 3.03. The Bertz CT molecular complexity index is 842. The topological polar surface area (TPSA) is 108 Å². The number of fused-ring (bicyclic) bond motifs is 3. The van der Waals surface area contributed by atoms with Crippen LogP contribution in [0, 0.1) is 0 Å². The van der Waals surface area contributed by atoms with Crippen LogP contribution in [0.1, 0.15) is 49.9 Å². The number of carbonyl (C=O) groups excluding carboxylic acids is 4. The van der Waals surface area contributed by atoms with Crippen molar-refractivity contribution in [1.29, 1.82) is 0 Å². The number of para-hydroxylation sites is 1. The number of alkyl carbamates (subject to hydrolysis) is 1. The Balaban J connectivity index is 1.54. The molecule has 30 heavy (non-hydrogen) atoms. The van der Waals surface area contributed by atoms with Crippen molar-refractivity contribution in [2.45, 2.75) is 45.2 Å². The molecule has 0 spiro atoms. The van der Waals surface area contributed by atoms with E-state index in [2.05, 4.69) is 10.6 Å². The van der Waals surface area contributed by atoms with Crippen LogP contribution in [-0.4, -0.2) is 60.6 Å². The molecule has 2 heterocycles. The Morgan fingerprint density at radius 2 is 1.90 bits per heavy atom. The molecule has 1 saturated heterocycles. The van der Waals surface area contributed by atoms with Crippen molar-refractivity contribution in [1.82, 2.24) is 15.5 Å². The van der Waals surface area contributed by atoms with Crippen LogP contribution in [0.3, 0.4) is 0 Å². The molecule has 0 aliphatic carbocycles. The van der Waals surface area contributed by atoms with E-state index in [9.17, 15) is 19.2 Å². The third-order valence-corrected chi connectivity index (χ3v) is 5.52. The summed E-state index contributed by atoms with van der Waals surface area (Å²) in [7, 11) is 0. The van der Waals surface area contributed by atoms with Crippen molar-refractivity contribution in [2.24, 2.45) is 0 Å². The minimum absolute atomic E-state index is 0.00860. The average molecular weight is 416 g/mol. The molecule has 1 fully saturated rings. The molecule has 2 aliphatic rings. The Hall–Kier alpha value is -3.10. The van der Waals surface area contributed by atoms with Crippen molar-refractivity contribution >= 4 is 29.5 Å². The lowest BCUT2D eigenvalue weighted by molar-refractivity contribution is -0.121. The number of rotatable bonds is 8. The molecule has 3 rings (SSSR count). The number of anilines is 1. The summed E-state index contributed by atoms with van der Waals surface area (Å²) in [6, 6.07) is 7.16. The summed E-state index contributed by atoms with van der Waals surface area (Å²) in [4.78, 5) is 52.3. The Labute approximate surface area is 175 Å². The van der Waals surface area contributed by atoms with Gasteiger partial charge in [-0.05, 0) is 38.8 Å². The highest BCUT2D eigenvalue weighted by atomic mass is 16.5. The lowest BCUT2D eigenvalue weighted by Crippen LogP contribution is -2.62. The number of hydrogen-bond donors (Lipinski definition) is 2. The number of amides is 4. The van der Waals surface area contributed by atoms with Crippen molar-refractivity contribution in [2.75, 3.05) is 31.1 Å². The lowest BCUT2D eigenvalue weighted by Gasteiger charge is -2.48. The van der Waals surface area contributed by atoms with Crippen LogP contribution in [0.15, 0.2) is 24.3 Å². The van der Waals surface area contributed by atoms with Crippen LogP contribution in [0.25, 0.3) is 0 Å². The van der Waals surface area contributed by atoms with Crippen LogP contribution in [0.4, 0.5) is 10.5 Å². The first-order chi connectivity index (χ1) is 14.4. The van der Waals surface area contributed by atoms with Gasteiger partial charge in [-0.25, -0.2) is 4.79 Å². The highest BCUT2D eigenvalue weighted by molar-refractivity contribution is 6.10. The maximum Gasteiger partial charge on any atom is 0.407 e. The molecule has 1 aromatic rings. The molecule has 0 radical (unpaired) electrons. The first-order valence-electron chi connectivity index (χ1n) is 10.3.